The standard InChI is InChI=1S/C18H15N5OS/c1-11-3-4-14(12(2)9-11)15-10-25-18-21-17(22-23(15)18)20-16(24)13-5-7-19-8-6-13/h3-10H,1-2H3,(H,20,22,24). The van der Waals surface area contributed by atoms with Crippen LogP contribution in [0.25, 0.3) is 16.2 Å². The first-order valence-electron chi connectivity index (χ1n) is 7.75. The van der Waals surface area contributed by atoms with Crippen LogP contribution in [-0.4, -0.2) is 25.5 Å². The molecular formula is C18H15N5OS. The maximum absolute atomic E-state index is 12.2. The summed E-state index contributed by atoms with van der Waals surface area (Å²) in [5.41, 5.74) is 4.99. The van der Waals surface area contributed by atoms with Crippen molar-refractivity contribution in [3.8, 4) is 11.3 Å². The summed E-state index contributed by atoms with van der Waals surface area (Å²) in [7, 11) is 0. The maximum atomic E-state index is 12.2. The highest BCUT2D eigenvalue weighted by Gasteiger charge is 2.15. The van der Waals surface area contributed by atoms with Gasteiger partial charge in [0.05, 0.1) is 5.69 Å². The van der Waals surface area contributed by atoms with E-state index in [1.165, 1.54) is 22.5 Å². The monoisotopic (exact) mass is 349 g/mol. The minimum absolute atomic E-state index is 0.256. The molecule has 1 amide bonds. The van der Waals surface area contributed by atoms with Gasteiger partial charge in [-0.1, -0.05) is 23.8 Å². The molecule has 0 saturated carbocycles. The third-order valence-corrected chi connectivity index (χ3v) is 4.72. The molecule has 4 rings (SSSR count). The number of carbonyl (C=O) groups is 1. The summed E-state index contributed by atoms with van der Waals surface area (Å²) in [6.07, 6.45) is 3.15. The third-order valence-electron chi connectivity index (χ3n) is 3.91. The predicted molar refractivity (Wildman–Crippen MR) is 98.0 cm³/mol. The Balaban J connectivity index is 1.68. The molecule has 0 atom stereocenters. The molecule has 1 N–H and O–H groups in total. The molecule has 3 aromatic heterocycles. The predicted octanol–water partition coefficient (Wildman–Crippen LogP) is 3.72. The zero-order valence-electron chi connectivity index (χ0n) is 13.7. The molecule has 3 heterocycles. The average Bonchev–Trinajstić information content (AvgIpc) is 3.16. The Hall–Kier alpha value is -3.06. The van der Waals surface area contributed by atoms with E-state index in [9.17, 15) is 4.79 Å². The Kier molecular flexibility index (Phi) is 3.77. The van der Waals surface area contributed by atoms with Crippen molar-refractivity contribution in [2.75, 3.05) is 5.32 Å². The Labute approximate surface area is 148 Å². The van der Waals surface area contributed by atoms with E-state index in [2.05, 4.69) is 52.4 Å². The number of nitrogens with zero attached hydrogens (tertiary/aromatic N) is 4. The summed E-state index contributed by atoms with van der Waals surface area (Å²) in [4.78, 5) is 21.3. The second-order valence-electron chi connectivity index (χ2n) is 5.76. The van der Waals surface area contributed by atoms with E-state index in [1.54, 1.807) is 29.0 Å². The average molecular weight is 349 g/mol. The van der Waals surface area contributed by atoms with Crippen molar-refractivity contribution in [3.05, 3.63) is 64.8 Å². The highest BCUT2D eigenvalue weighted by atomic mass is 32.1. The molecule has 1 aromatic carbocycles. The topological polar surface area (TPSA) is 72.2 Å². The van der Waals surface area contributed by atoms with Crippen molar-refractivity contribution < 1.29 is 4.79 Å². The van der Waals surface area contributed by atoms with Crippen LogP contribution in [0.5, 0.6) is 0 Å². The van der Waals surface area contributed by atoms with Crippen molar-refractivity contribution >= 4 is 28.2 Å². The molecule has 25 heavy (non-hydrogen) atoms. The summed E-state index contributed by atoms with van der Waals surface area (Å²) in [5.74, 6) is 0.0356. The molecule has 0 saturated heterocycles. The van der Waals surface area contributed by atoms with E-state index in [-0.39, 0.29) is 5.91 Å². The molecule has 124 valence electrons. The summed E-state index contributed by atoms with van der Waals surface area (Å²) in [6, 6.07) is 9.60. The van der Waals surface area contributed by atoms with Gasteiger partial charge in [0.15, 0.2) is 0 Å². The van der Waals surface area contributed by atoms with Crippen LogP contribution in [-0.2, 0) is 0 Å². The molecule has 0 aliphatic heterocycles. The Bertz CT molecular complexity index is 1070. The molecule has 0 fully saturated rings. The number of pyridine rings is 1. The van der Waals surface area contributed by atoms with Gasteiger partial charge >= 0.3 is 0 Å². The Morgan fingerprint density at radius 1 is 1.16 bits per heavy atom. The number of nitrogens with one attached hydrogen (secondary N) is 1. The van der Waals surface area contributed by atoms with Gasteiger partial charge < -0.3 is 0 Å². The summed E-state index contributed by atoms with van der Waals surface area (Å²) in [6.45, 7) is 4.15. The molecule has 0 spiro atoms. The van der Waals surface area contributed by atoms with Gasteiger partial charge in [-0.25, -0.2) is 4.52 Å². The van der Waals surface area contributed by atoms with Crippen molar-refractivity contribution in [1.29, 1.82) is 0 Å². The van der Waals surface area contributed by atoms with Gasteiger partial charge in [-0.2, -0.15) is 4.98 Å². The fraction of sp³-hybridized carbons (Fsp3) is 0.111. The smallest absolute Gasteiger partial charge is 0.258 e. The number of aromatic nitrogens is 4. The molecule has 0 aliphatic carbocycles. The first kappa shape index (κ1) is 15.5. The van der Waals surface area contributed by atoms with Crippen molar-refractivity contribution in [2.24, 2.45) is 0 Å². The Morgan fingerprint density at radius 2 is 1.96 bits per heavy atom. The number of benzene rings is 1. The van der Waals surface area contributed by atoms with E-state index in [1.807, 2.05) is 5.38 Å². The molecule has 0 radical (unpaired) electrons. The van der Waals surface area contributed by atoms with Crippen molar-refractivity contribution in [3.63, 3.8) is 0 Å². The van der Waals surface area contributed by atoms with E-state index in [0.717, 1.165) is 16.2 Å². The lowest BCUT2D eigenvalue weighted by Crippen LogP contribution is -2.13. The van der Waals surface area contributed by atoms with Gasteiger partial charge in [-0.05, 0) is 31.5 Å². The van der Waals surface area contributed by atoms with Crippen LogP contribution < -0.4 is 5.32 Å². The quantitative estimate of drug-likeness (QED) is 0.612. The van der Waals surface area contributed by atoms with E-state index in [4.69, 9.17) is 0 Å². The summed E-state index contributed by atoms with van der Waals surface area (Å²) in [5, 5.41) is 9.21. The minimum atomic E-state index is -0.256. The van der Waals surface area contributed by atoms with Crippen LogP contribution in [0.3, 0.4) is 0 Å². The van der Waals surface area contributed by atoms with Crippen molar-refractivity contribution in [2.45, 2.75) is 13.8 Å². The number of hydrogen-bond donors (Lipinski definition) is 1. The van der Waals surface area contributed by atoms with Crippen molar-refractivity contribution in [1.82, 2.24) is 19.6 Å². The van der Waals surface area contributed by atoms with Gasteiger partial charge in [0.2, 0.25) is 4.96 Å². The number of thiazole rings is 1. The second kappa shape index (κ2) is 6.10. The first-order chi connectivity index (χ1) is 12.1. The molecule has 0 bridgehead atoms. The third kappa shape index (κ3) is 2.89. The molecule has 0 unspecified atom stereocenters. The summed E-state index contributed by atoms with van der Waals surface area (Å²) < 4.78 is 1.77. The molecule has 0 aliphatic rings. The number of rotatable bonds is 3. The SMILES string of the molecule is Cc1ccc(-c2csc3nc(NC(=O)c4ccncc4)nn23)c(C)c1. The van der Waals surface area contributed by atoms with Gasteiger partial charge in [0, 0.05) is 28.9 Å². The second-order valence-corrected chi connectivity index (χ2v) is 6.60. The minimum Gasteiger partial charge on any atom is -0.289 e. The summed E-state index contributed by atoms with van der Waals surface area (Å²) >= 11 is 1.49. The fourth-order valence-electron chi connectivity index (χ4n) is 2.70. The van der Waals surface area contributed by atoms with Crippen LogP contribution in [0.15, 0.2) is 48.1 Å². The van der Waals surface area contributed by atoms with Gasteiger partial charge in [0.25, 0.3) is 11.9 Å². The maximum Gasteiger partial charge on any atom is 0.258 e. The lowest BCUT2D eigenvalue weighted by molar-refractivity contribution is 0.102. The van der Waals surface area contributed by atoms with Crippen LogP contribution in [0.1, 0.15) is 21.5 Å². The highest BCUT2D eigenvalue weighted by Crippen LogP contribution is 2.28. The van der Waals surface area contributed by atoms with E-state index < -0.39 is 0 Å². The van der Waals surface area contributed by atoms with Crippen LogP contribution in [0, 0.1) is 13.8 Å². The molecule has 6 nitrogen and oxygen atoms in total. The largest absolute Gasteiger partial charge is 0.289 e. The van der Waals surface area contributed by atoms with E-state index >= 15 is 0 Å². The van der Waals surface area contributed by atoms with E-state index in [0.29, 0.717) is 11.5 Å². The lowest BCUT2D eigenvalue weighted by atomic mass is 10.0. The van der Waals surface area contributed by atoms with Gasteiger partial charge in [-0.15, -0.1) is 16.4 Å². The van der Waals surface area contributed by atoms with Crippen LogP contribution in [0.2, 0.25) is 0 Å². The lowest BCUT2D eigenvalue weighted by Gasteiger charge is -2.05. The van der Waals surface area contributed by atoms with Crippen LogP contribution in [0.4, 0.5) is 5.95 Å². The Morgan fingerprint density at radius 3 is 2.72 bits per heavy atom. The normalized spacial score (nSPS) is 11.0. The first-order valence-corrected chi connectivity index (χ1v) is 8.63. The molecular weight excluding hydrogens is 334 g/mol. The number of hydrogen-bond acceptors (Lipinski definition) is 5. The molecule has 7 heteroatoms. The molecule has 4 aromatic rings. The zero-order chi connectivity index (χ0) is 17.4. The zero-order valence-corrected chi connectivity index (χ0v) is 14.5. The number of aryl methyl sites for hydroxylation is 2. The highest BCUT2D eigenvalue weighted by molar-refractivity contribution is 7.15. The number of carbonyl (C=O) groups excluding carboxylic acids is 1. The van der Waals surface area contributed by atoms with Gasteiger partial charge in [0.1, 0.15) is 0 Å². The van der Waals surface area contributed by atoms with Gasteiger partial charge in [-0.3, -0.25) is 15.1 Å². The fourth-order valence-corrected chi connectivity index (χ4v) is 3.52. The number of anilines is 1. The number of fused-ring (bicyclic) bond motifs is 1. The number of amides is 1. The van der Waals surface area contributed by atoms with Crippen LogP contribution >= 0.6 is 11.3 Å².